The molecule has 0 radical (unpaired) electrons. The number of fused-ring (bicyclic) bond motifs is 1. The van der Waals surface area contributed by atoms with Crippen LogP contribution in [-0.4, -0.2) is 28.0 Å². The van der Waals surface area contributed by atoms with Gasteiger partial charge in [0, 0.05) is 19.2 Å². The number of carbonyl (C=O) groups excluding carboxylic acids is 2. The Balaban J connectivity index is 1.68. The Morgan fingerprint density at radius 2 is 2.07 bits per heavy atom. The zero-order chi connectivity index (χ0) is 19.6. The fraction of sp³-hybridized carbons (Fsp3) is 0.222. The van der Waals surface area contributed by atoms with Crippen LogP contribution in [0, 0.1) is 12.7 Å². The number of nitrogens with zero attached hydrogens (tertiary/aromatic N) is 2. The number of aromatic nitrogens is 2. The summed E-state index contributed by atoms with van der Waals surface area (Å²) >= 11 is 0. The molecule has 0 aliphatic carbocycles. The van der Waals surface area contributed by atoms with Crippen LogP contribution in [-0.2, 0) is 23.1 Å². The maximum atomic E-state index is 13.5. The molecule has 0 spiro atoms. The lowest BCUT2D eigenvalue weighted by Crippen LogP contribution is -2.29. The predicted octanol–water partition coefficient (Wildman–Crippen LogP) is 1.45. The highest BCUT2D eigenvalue weighted by atomic mass is 19.1. The van der Waals surface area contributed by atoms with E-state index in [1.807, 2.05) is 0 Å². The molecule has 0 aliphatic rings. The third kappa shape index (κ3) is 3.71. The molecule has 2 heterocycles. The second-order valence-corrected chi connectivity index (χ2v) is 5.82. The number of ether oxygens (including phenoxy) is 1. The van der Waals surface area contributed by atoms with Crippen molar-refractivity contribution in [3.63, 3.8) is 0 Å². The molecule has 9 heteroatoms. The van der Waals surface area contributed by atoms with Crippen molar-refractivity contribution in [1.29, 1.82) is 0 Å². The number of benzene rings is 1. The van der Waals surface area contributed by atoms with Gasteiger partial charge in [0.05, 0.1) is 0 Å². The van der Waals surface area contributed by atoms with Crippen molar-refractivity contribution >= 4 is 23.0 Å². The van der Waals surface area contributed by atoms with Crippen LogP contribution in [0.2, 0.25) is 0 Å². The molecule has 0 unspecified atom stereocenters. The number of hydrogen-bond acceptors (Lipinski definition) is 6. The van der Waals surface area contributed by atoms with E-state index in [4.69, 9.17) is 9.15 Å². The topological polar surface area (TPSA) is 103 Å². The zero-order valence-electron chi connectivity index (χ0n) is 14.6. The van der Waals surface area contributed by atoms with E-state index in [1.54, 1.807) is 12.1 Å². The molecule has 0 bridgehead atoms. The number of furan rings is 1. The minimum atomic E-state index is -0.877. The number of rotatable bonds is 5. The highest BCUT2D eigenvalue weighted by Crippen LogP contribution is 2.21. The van der Waals surface area contributed by atoms with Crippen LogP contribution in [0.1, 0.15) is 21.7 Å². The van der Waals surface area contributed by atoms with E-state index in [2.05, 4.69) is 10.3 Å². The van der Waals surface area contributed by atoms with Crippen molar-refractivity contribution in [2.45, 2.75) is 13.5 Å². The molecular formula is C18H16FN3O5. The van der Waals surface area contributed by atoms with Gasteiger partial charge in [-0.05, 0) is 13.0 Å². The van der Waals surface area contributed by atoms with Crippen molar-refractivity contribution in [2.24, 2.45) is 7.05 Å². The fourth-order valence-corrected chi connectivity index (χ4v) is 2.52. The summed E-state index contributed by atoms with van der Waals surface area (Å²) in [5, 5.41) is 2.45. The molecule has 3 rings (SSSR count). The van der Waals surface area contributed by atoms with Gasteiger partial charge < -0.3 is 19.0 Å². The molecule has 2 aromatic heterocycles. The van der Waals surface area contributed by atoms with E-state index in [-0.39, 0.29) is 29.0 Å². The first-order valence-corrected chi connectivity index (χ1v) is 8.00. The minimum absolute atomic E-state index is 0.00531. The van der Waals surface area contributed by atoms with Crippen LogP contribution in [0.25, 0.3) is 11.1 Å². The Labute approximate surface area is 152 Å². The Hall–Kier alpha value is -3.49. The maximum Gasteiger partial charge on any atom is 0.343 e. The molecule has 1 N–H and O–H groups in total. The lowest BCUT2D eigenvalue weighted by Gasteiger charge is -2.07. The third-order valence-corrected chi connectivity index (χ3v) is 3.92. The molecule has 0 atom stereocenters. The van der Waals surface area contributed by atoms with Gasteiger partial charge in [-0.15, -0.1) is 0 Å². The Morgan fingerprint density at radius 1 is 1.33 bits per heavy atom. The van der Waals surface area contributed by atoms with Crippen molar-refractivity contribution in [2.75, 3.05) is 6.61 Å². The molecule has 1 amide bonds. The average molecular weight is 373 g/mol. The summed E-state index contributed by atoms with van der Waals surface area (Å²) < 4.78 is 25.0. The van der Waals surface area contributed by atoms with Gasteiger partial charge in [0.15, 0.2) is 6.61 Å². The largest absolute Gasteiger partial charge is 0.452 e. The van der Waals surface area contributed by atoms with Crippen LogP contribution in [0.5, 0.6) is 0 Å². The summed E-state index contributed by atoms with van der Waals surface area (Å²) in [6, 6.07) is 6.00. The number of hydrogen-bond donors (Lipinski definition) is 1. The second-order valence-electron chi connectivity index (χ2n) is 5.82. The van der Waals surface area contributed by atoms with Crippen LogP contribution < -0.4 is 10.9 Å². The standard InChI is InChI=1S/C18H16FN3O5/c1-10-14(15-16(27-10)21-9-22(2)17(15)24)18(25)26-8-13(23)20-7-11-5-3-4-6-12(11)19/h3-6,9H,7-8H2,1-2H3,(H,20,23). The Kier molecular flexibility index (Phi) is 5.02. The number of esters is 1. The highest BCUT2D eigenvalue weighted by Gasteiger charge is 2.24. The smallest absolute Gasteiger partial charge is 0.343 e. The number of halogens is 1. The number of carbonyl (C=O) groups is 2. The molecular weight excluding hydrogens is 357 g/mol. The molecule has 1 aromatic carbocycles. The fourth-order valence-electron chi connectivity index (χ4n) is 2.52. The van der Waals surface area contributed by atoms with Crippen molar-refractivity contribution in [1.82, 2.24) is 14.9 Å². The van der Waals surface area contributed by atoms with E-state index in [9.17, 15) is 18.8 Å². The monoisotopic (exact) mass is 373 g/mol. The molecule has 0 fully saturated rings. The summed E-state index contributed by atoms with van der Waals surface area (Å²) in [7, 11) is 1.49. The summed E-state index contributed by atoms with van der Waals surface area (Å²) in [6.07, 6.45) is 1.28. The molecule has 3 aromatic rings. The Morgan fingerprint density at radius 3 is 2.81 bits per heavy atom. The van der Waals surface area contributed by atoms with Gasteiger partial charge >= 0.3 is 5.97 Å². The summed E-state index contributed by atoms with van der Waals surface area (Å²) in [4.78, 5) is 40.4. The maximum absolute atomic E-state index is 13.5. The normalized spacial score (nSPS) is 10.8. The second kappa shape index (κ2) is 7.40. The molecule has 0 aliphatic heterocycles. The first kappa shape index (κ1) is 18.3. The zero-order valence-corrected chi connectivity index (χ0v) is 14.6. The van der Waals surface area contributed by atoms with Crippen molar-refractivity contribution in [3.8, 4) is 0 Å². The van der Waals surface area contributed by atoms with Gasteiger partial charge in [0.25, 0.3) is 11.5 Å². The Bertz CT molecular complexity index is 1090. The van der Waals surface area contributed by atoms with Gasteiger partial charge in [-0.1, -0.05) is 18.2 Å². The van der Waals surface area contributed by atoms with Gasteiger partial charge in [-0.2, -0.15) is 0 Å². The lowest BCUT2D eigenvalue weighted by atomic mass is 10.2. The minimum Gasteiger partial charge on any atom is -0.452 e. The molecule has 8 nitrogen and oxygen atoms in total. The number of aryl methyl sites for hydroxylation is 2. The van der Waals surface area contributed by atoms with Crippen molar-refractivity contribution in [3.05, 3.63) is 63.7 Å². The van der Waals surface area contributed by atoms with Crippen LogP contribution in [0.3, 0.4) is 0 Å². The van der Waals surface area contributed by atoms with Crippen LogP contribution >= 0.6 is 0 Å². The van der Waals surface area contributed by atoms with Crippen molar-refractivity contribution < 1.29 is 23.1 Å². The van der Waals surface area contributed by atoms with E-state index < -0.39 is 29.9 Å². The SMILES string of the molecule is Cc1oc2ncn(C)c(=O)c2c1C(=O)OCC(=O)NCc1ccccc1F. The molecule has 0 saturated carbocycles. The first-order valence-electron chi connectivity index (χ1n) is 8.00. The molecule has 0 saturated heterocycles. The van der Waals surface area contributed by atoms with E-state index >= 15 is 0 Å². The summed E-state index contributed by atoms with van der Waals surface area (Å²) in [5.74, 6) is -1.77. The molecule has 27 heavy (non-hydrogen) atoms. The third-order valence-electron chi connectivity index (χ3n) is 3.92. The van der Waals surface area contributed by atoms with E-state index in [0.717, 1.165) is 0 Å². The van der Waals surface area contributed by atoms with Crippen LogP contribution in [0.15, 0.2) is 39.8 Å². The van der Waals surface area contributed by atoms with Crippen LogP contribution in [0.4, 0.5) is 4.39 Å². The van der Waals surface area contributed by atoms with E-state index in [0.29, 0.717) is 5.56 Å². The summed E-state index contributed by atoms with van der Waals surface area (Å²) in [6.45, 7) is 0.872. The average Bonchev–Trinajstić information content (AvgIpc) is 2.99. The number of amides is 1. The first-order chi connectivity index (χ1) is 12.9. The van der Waals surface area contributed by atoms with Gasteiger partial charge in [-0.25, -0.2) is 14.2 Å². The van der Waals surface area contributed by atoms with Gasteiger partial charge in [-0.3, -0.25) is 9.59 Å². The predicted molar refractivity (Wildman–Crippen MR) is 92.5 cm³/mol. The quantitative estimate of drug-likeness (QED) is 0.679. The van der Waals surface area contributed by atoms with Gasteiger partial charge in [0.1, 0.15) is 28.9 Å². The van der Waals surface area contributed by atoms with E-state index in [1.165, 1.54) is 37.0 Å². The highest BCUT2D eigenvalue weighted by molar-refractivity contribution is 6.03. The lowest BCUT2D eigenvalue weighted by molar-refractivity contribution is -0.124. The van der Waals surface area contributed by atoms with Gasteiger partial charge in [0.2, 0.25) is 5.71 Å². The molecule has 140 valence electrons. The number of nitrogens with one attached hydrogen (secondary N) is 1. The summed E-state index contributed by atoms with van der Waals surface area (Å²) in [5.41, 5.74) is -0.205.